The summed E-state index contributed by atoms with van der Waals surface area (Å²) in [4.78, 5) is 11.8. The highest BCUT2D eigenvalue weighted by Crippen LogP contribution is 2.28. The van der Waals surface area contributed by atoms with Crippen LogP contribution >= 0.6 is 0 Å². The van der Waals surface area contributed by atoms with Gasteiger partial charge in [-0.2, -0.15) is 0 Å². The Labute approximate surface area is 128 Å². The van der Waals surface area contributed by atoms with Crippen LogP contribution in [0.4, 0.5) is 0 Å². The van der Waals surface area contributed by atoms with Crippen LogP contribution in [-0.4, -0.2) is 43.6 Å². The first-order chi connectivity index (χ1) is 10.1. The van der Waals surface area contributed by atoms with Gasteiger partial charge in [0.05, 0.1) is 6.54 Å². The zero-order chi connectivity index (χ0) is 15.2. The minimum atomic E-state index is 0.317. The lowest BCUT2D eigenvalue weighted by Gasteiger charge is -2.19. The number of nitrogens with zero attached hydrogens (tertiary/aromatic N) is 3. The average molecular weight is 285 g/mol. The Hall–Kier alpha value is -1.48. The maximum Gasteiger partial charge on any atom is 0.131 e. The Morgan fingerprint density at radius 1 is 1.14 bits per heavy atom. The zero-order valence-corrected chi connectivity index (χ0v) is 13.7. The third-order valence-electron chi connectivity index (χ3n) is 3.87. The Kier molecular flexibility index (Phi) is 5.68. The van der Waals surface area contributed by atoms with Crippen LogP contribution in [0.3, 0.4) is 0 Å². The molecule has 0 aliphatic carbocycles. The van der Waals surface area contributed by atoms with Gasteiger partial charge in [-0.05, 0) is 45.0 Å². The van der Waals surface area contributed by atoms with Crippen molar-refractivity contribution in [3.63, 3.8) is 0 Å². The summed E-state index contributed by atoms with van der Waals surface area (Å²) < 4.78 is 0. The van der Waals surface area contributed by atoms with Gasteiger partial charge in [0.2, 0.25) is 0 Å². The zero-order valence-electron chi connectivity index (χ0n) is 13.7. The first-order valence-electron chi connectivity index (χ1n) is 7.88. The molecule has 1 heterocycles. The first kappa shape index (κ1) is 15.9. The van der Waals surface area contributed by atoms with Crippen LogP contribution in [0.15, 0.2) is 40.3 Å². The Morgan fingerprint density at radius 2 is 1.86 bits per heavy atom. The largest absolute Gasteiger partial charge is 0.309 e. The third-order valence-corrected chi connectivity index (χ3v) is 3.87. The van der Waals surface area contributed by atoms with Gasteiger partial charge in [-0.25, -0.2) is 4.99 Å². The summed E-state index contributed by atoms with van der Waals surface area (Å²) in [6, 6.07) is 10.6. The molecule has 0 saturated carbocycles. The lowest BCUT2D eigenvalue weighted by atomic mass is 9.87. The Bertz CT molecular complexity index is 500. The van der Waals surface area contributed by atoms with E-state index in [4.69, 9.17) is 9.98 Å². The molecule has 0 amide bonds. The van der Waals surface area contributed by atoms with E-state index in [0.717, 1.165) is 31.8 Å². The lowest BCUT2D eigenvalue weighted by molar-refractivity contribution is 0.403. The van der Waals surface area contributed by atoms with Crippen molar-refractivity contribution in [2.24, 2.45) is 15.9 Å². The molecule has 0 saturated heterocycles. The van der Waals surface area contributed by atoms with Crippen molar-refractivity contribution in [1.82, 2.24) is 4.90 Å². The molecule has 1 atom stereocenters. The maximum absolute atomic E-state index is 4.83. The van der Waals surface area contributed by atoms with Crippen molar-refractivity contribution in [3.05, 3.63) is 35.9 Å². The van der Waals surface area contributed by atoms with Crippen LogP contribution in [-0.2, 0) is 0 Å². The van der Waals surface area contributed by atoms with Gasteiger partial charge in [0.15, 0.2) is 0 Å². The molecule has 3 nitrogen and oxygen atoms in total. The van der Waals surface area contributed by atoms with E-state index in [1.807, 2.05) is 0 Å². The van der Waals surface area contributed by atoms with Gasteiger partial charge in [0, 0.05) is 11.6 Å². The number of aliphatic imine (C=N–C) groups is 2. The monoisotopic (exact) mass is 285 g/mol. The van der Waals surface area contributed by atoms with Gasteiger partial charge >= 0.3 is 0 Å². The van der Waals surface area contributed by atoms with Crippen LogP contribution < -0.4 is 0 Å². The Balaban J connectivity index is 2.04. The third kappa shape index (κ3) is 4.50. The van der Waals surface area contributed by atoms with Gasteiger partial charge in [-0.15, -0.1) is 0 Å². The number of rotatable bonds is 7. The highest BCUT2D eigenvalue weighted by Gasteiger charge is 2.24. The standard InChI is InChI=1S/C18H27N3/c1-14(2)17(15-9-6-5-7-10-15)18-19-13-16(20-18)11-8-12-21(3)4/h5-7,9-10,14,17H,8,11-13H2,1-4H3. The summed E-state index contributed by atoms with van der Waals surface area (Å²) in [5, 5.41) is 0. The van der Waals surface area contributed by atoms with E-state index in [2.05, 4.69) is 63.2 Å². The molecule has 114 valence electrons. The second-order valence-electron chi connectivity index (χ2n) is 6.39. The molecule has 2 rings (SSSR count). The van der Waals surface area contributed by atoms with Gasteiger partial charge in [0.1, 0.15) is 5.84 Å². The lowest BCUT2D eigenvalue weighted by Crippen LogP contribution is -2.16. The Morgan fingerprint density at radius 3 is 2.48 bits per heavy atom. The van der Waals surface area contributed by atoms with E-state index in [0.29, 0.717) is 11.8 Å². The van der Waals surface area contributed by atoms with Crippen molar-refractivity contribution in [3.8, 4) is 0 Å². The molecule has 1 aliphatic rings. The fourth-order valence-electron chi connectivity index (χ4n) is 2.80. The molecular formula is C18H27N3. The normalized spacial score (nSPS) is 16.3. The van der Waals surface area contributed by atoms with Crippen LogP contribution in [0.5, 0.6) is 0 Å². The van der Waals surface area contributed by atoms with Crippen LogP contribution in [0.25, 0.3) is 0 Å². The molecule has 0 fully saturated rings. The van der Waals surface area contributed by atoms with Crippen molar-refractivity contribution >= 4 is 11.5 Å². The molecular weight excluding hydrogens is 258 g/mol. The fraction of sp³-hybridized carbons (Fsp3) is 0.556. The second kappa shape index (κ2) is 7.51. The molecule has 1 aliphatic heterocycles. The second-order valence-corrected chi connectivity index (χ2v) is 6.39. The van der Waals surface area contributed by atoms with E-state index in [1.54, 1.807) is 0 Å². The number of benzene rings is 1. The smallest absolute Gasteiger partial charge is 0.131 e. The van der Waals surface area contributed by atoms with Gasteiger partial charge in [-0.3, -0.25) is 4.99 Å². The van der Waals surface area contributed by atoms with E-state index in [-0.39, 0.29) is 0 Å². The van der Waals surface area contributed by atoms with Crippen molar-refractivity contribution in [2.75, 3.05) is 27.2 Å². The predicted octanol–water partition coefficient (Wildman–Crippen LogP) is 3.62. The van der Waals surface area contributed by atoms with Crippen molar-refractivity contribution in [2.45, 2.75) is 32.6 Å². The molecule has 3 heteroatoms. The van der Waals surface area contributed by atoms with Crippen LogP contribution in [0.1, 0.15) is 38.2 Å². The SMILES string of the molecule is CC(C)C(C1=NCC(CCCN(C)C)=N1)c1ccccc1. The highest BCUT2D eigenvalue weighted by molar-refractivity contribution is 6.06. The van der Waals surface area contributed by atoms with Gasteiger partial charge in [0.25, 0.3) is 0 Å². The van der Waals surface area contributed by atoms with Gasteiger partial charge in [-0.1, -0.05) is 44.2 Å². The fourth-order valence-corrected chi connectivity index (χ4v) is 2.80. The predicted molar refractivity (Wildman–Crippen MR) is 91.5 cm³/mol. The highest BCUT2D eigenvalue weighted by atomic mass is 15.0. The number of hydrogen-bond acceptors (Lipinski definition) is 3. The summed E-state index contributed by atoms with van der Waals surface area (Å²) in [6.45, 7) is 6.40. The molecule has 0 aromatic heterocycles. The molecule has 0 radical (unpaired) electrons. The summed E-state index contributed by atoms with van der Waals surface area (Å²) in [5.74, 6) is 1.85. The first-order valence-corrected chi connectivity index (χ1v) is 7.88. The molecule has 1 unspecified atom stereocenters. The van der Waals surface area contributed by atoms with E-state index in [9.17, 15) is 0 Å². The minimum absolute atomic E-state index is 0.317. The summed E-state index contributed by atoms with van der Waals surface area (Å²) in [7, 11) is 4.23. The van der Waals surface area contributed by atoms with E-state index in [1.165, 1.54) is 11.3 Å². The quantitative estimate of drug-likeness (QED) is 0.752. The molecule has 0 bridgehead atoms. The number of hydrogen-bond donors (Lipinski definition) is 0. The minimum Gasteiger partial charge on any atom is -0.309 e. The summed E-state index contributed by atoms with van der Waals surface area (Å²) in [5.41, 5.74) is 2.57. The molecule has 21 heavy (non-hydrogen) atoms. The molecule has 1 aromatic rings. The van der Waals surface area contributed by atoms with Gasteiger partial charge < -0.3 is 4.90 Å². The van der Waals surface area contributed by atoms with Crippen molar-refractivity contribution < 1.29 is 0 Å². The van der Waals surface area contributed by atoms with Crippen molar-refractivity contribution in [1.29, 1.82) is 0 Å². The molecule has 0 spiro atoms. The van der Waals surface area contributed by atoms with Crippen LogP contribution in [0, 0.1) is 5.92 Å². The molecule has 0 N–H and O–H groups in total. The topological polar surface area (TPSA) is 28.0 Å². The van der Waals surface area contributed by atoms with E-state index >= 15 is 0 Å². The maximum atomic E-state index is 4.83. The van der Waals surface area contributed by atoms with Crippen LogP contribution in [0.2, 0.25) is 0 Å². The molecule has 1 aromatic carbocycles. The number of amidine groups is 1. The summed E-state index contributed by atoms with van der Waals surface area (Å²) >= 11 is 0. The average Bonchev–Trinajstić information content (AvgIpc) is 2.88. The van der Waals surface area contributed by atoms with E-state index < -0.39 is 0 Å². The summed E-state index contributed by atoms with van der Waals surface area (Å²) in [6.07, 6.45) is 2.22.